The number of benzene rings is 1. The Morgan fingerprint density at radius 2 is 1.96 bits per heavy atom. The lowest BCUT2D eigenvalue weighted by atomic mass is 10.0. The molecule has 0 saturated carbocycles. The summed E-state index contributed by atoms with van der Waals surface area (Å²) in [4.78, 5) is 10.8. The molecule has 4 rings (SSSR count). The molecule has 2 aliphatic rings. The minimum Gasteiger partial charge on any atom is -0.365 e. The molecular formula is C23H28N4. The second-order valence-corrected chi connectivity index (χ2v) is 7.57. The Bertz CT molecular complexity index is 842. The van der Waals surface area contributed by atoms with Crippen LogP contribution in [0.25, 0.3) is 0 Å². The van der Waals surface area contributed by atoms with Crippen LogP contribution in [-0.4, -0.2) is 59.6 Å². The highest BCUT2D eigenvalue weighted by atomic mass is 15.3. The number of hydrogen-bond acceptors (Lipinski definition) is 3. The molecule has 1 aromatic carbocycles. The summed E-state index contributed by atoms with van der Waals surface area (Å²) >= 11 is 0. The summed E-state index contributed by atoms with van der Waals surface area (Å²) in [6.07, 6.45) is 3.14. The van der Waals surface area contributed by atoms with Gasteiger partial charge in [0.2, 0.25) is 0 Å². The summed E-state index contributed by atoms with van der Waals surface area (Å²) in [5, 5.41) is 0. The van der Waals surface area contributed by atoms with Crippen LogP contribution in [0.1, 0.15) is 30.6 Å². The molecule has 2 aliphatic heterocycles. The third-order valence-corrected chi connectivity index (χ3v) is 5.66. The highest BCUT2D eigenvalue weighted by Gasteiger charge is 2.30. The van der Waals surface area contributed by atoms with Gasteiger partial charge in [0, 0.05) is 62.3 Å². The van der Waals surface area contributed by atoms with Crippen LogP contribution in [0.5, 0.6) is 0 Å². The molecule has 0 bridgehead atoms. The van der Waals surface area contributed by atoms with E-state index in [0.29, 0.717) is 6.04 Å². The van der Waals surface area contributed by atoms with E-state index in [9.17, 15) is 0 Å². The van der Waals surface area contributed by atoms with Crippen molar-refractivity contribution in [2.75, 3.05) is 39.9 Å². The van der Waals surface area contributed by atoms with Crippen LogP contribution in [0.4, 0.5) is 0 Å². The molecule has 4 heteroatoms. The molecule has 0 radical (unpaired) electrons. The number of aromatic amines is 1. The second-order valence-electron chi connectivity index (χ2n) is 7.57. The topological polar surface area (TPSA) is 25.5 Å². The lowest BCUT2D eigenvalue weighted by Gasteiger charge is -2.44. The van der Waals surface area contributed by atoms with Gasteiger partial charge < -0.3 is 9.88 Å². The third kappa shape index (κ3) is 4.10. The number of nitrogens with zero attached hydrogens (tertiary/aromatic N) is 3. The van der Waals surface area contributed by atoms with E-state index in [0.717, 1.165) is 44.8 Å². The largest absolute Gasteiger partial charge is 0.365 e. The number of rotatable bonds is 3. The SMILES string of the molecule is CC(c1ccc[nH]1)N1CC2=C(CCN(CC#Cc3ccccc3)C2)N(C)C1. The lowest BCUT2D eigenvalue weighted by molar-refractivity contribution is 0.108. The van der Waals surface area contributed by atoms with Gasteiger partial charge in [0.15, 0.2) is 0 Å². The number of hydrogen-bond donors (Lipinski definition) is 1. The zero-order valence-corrected chi connectivity index (χ0v) is 16.3. The van der Waals surface area contributed by atoms with E-state index < -0.39 is 0 Å². The van der Waals surface area contributed by atoms with Gasteiger partial charge in [0.1, 0.15) is 0 Å². The monoisotopic (exact) mass is 360 g/mol. The molecule has 3 heterocycles. The molecule has 1 aromatic heterocycles. The molecule has 0 fully saturated rings. The Balaban J connectivity index is 1.41. The van der Waals surface area contributed by atoms with E-state index in [4.69, 9.17) is 0 Å². The molecule has 1 unspecified atom stereocenters. The third-order valence-electron chi connectivity index (χ3n) is 5.66. The van der Waals surface area contributed by atoms with Crippen LogP contribution >= 0.6 is 0 Å². The van der Waals surface area contributed by atoms with Crippen molar-refractivity contribution < 1.29 is 0 Å². The van der Waals surface area contributed by atoms with Gasteiger partial charge in [-0.2, -0.15) is 0 Å². The molecule has 0 saturated heterocycles. The van der Waals surface area contributed by atoms with Gasteiger partial charge in [0.05, 0.1) is 13.2 Å². The summed E-state index contributed by atoms with van der Waals surface area (Å²) in [6.45, 7) is 7.28. The molecule has 1 N–H and O–H groups in total. The van der Waals surface area contributed by atoms with Crippen LogP contribution in [0.2, 0.25) is 0 Å². The number of nitrogens with one attached hydrogen (secondary N) is 1. The fraction of sp³-hybridized carbons (Fsp3) is 0.391. The maximum Gasteiger partial charge on any atom is 0.0709 e. The normalized spacial score (nSPS) is 19.4. The van der Waals surface area contributed by atoms with Crippen molar-refractivity contribution in [3.05, 3.63) is 71.2 Å². The maximum absolute atomic E-state index is 3.37. The Morgan fingerprint density at radius 1 is 1.11 bits per heavy atom. The van der Waals surface area contributed by atoms with Gasteiger partial charge in [-0.1, -0.05) is 30.0 Å². The van der Waals surface area contributed by atoms with Crippen molar-refractivity contribution in [2.24, 2.45) is 0 Å². The fourth-order valence-corrected chi connectivity index (χ4v) is 4.11. The zero-order valence-electron chi connectivity index (χ0n) is 16.3. The minimum atomic E-state index is 0.393. The molecule has 0 amide bonds. The van der Waals surface area contributed by atoms with E-state index in [1.54, 1.807) is 5.57 Å². The Labute approximate surface area is 162 Å². The van der Waals surface area contributed by atoms with Crippen LogP contribution in [0.3, 0.4) is 0 Å². The Hall–Kier alpha value is -2.48. The number of aromatic nitrogens is 1. The van der Waals surface area contributed by atoms with Crippen LogP contribution < -0.4 is 0 Å². The predicted molar refractivity (Wildman–Crippen MR) is 110 cm³/mol. The summed E-state index contributed by atoms with van der Waals surface area (Å²) < 4.78 is 0. The van der Waals surface area contributed by atoms with Crippen molar-refractivity contribution in [3.63, 3.8) is 0 Å². The molecule has 0 spiro atoms. The van der Waals surface area contributed by atoms with Gasteiger partial charge in [-0.3, -0.25) is 9.80 Å². The van der Waals surface area contributed by atoms with Crippen LogP contribution in [-0.2, 0) is 0 Å². The molecule has 0 aliphatic carbocycles. The van der Waals surface area contributed by atoms with Gasteiger partial charge >= 0.3 is 0 Å². The Morgan fingerprint density at radius 3 is 2.74 bits per heavy atom. The average molecular weight is 361 g/mol. The van der Waals surface area contributed by atoms with E-state index in [-0.39, 0.29) is 0 Å². The lowest BCUT2D eigenvalue weighted by Crippen LogP contribution is -2.48. The maximum atomic E-state index is 3.37. The standard InChI is InChI=1S/C23H28N4/c1-19(22-11-6-13-24-22)27-17-21-16-26(15-12-23(21)25(2)18-27)14-7-10-20-8-4-3-5-9-20/h3-6,8-9,11,13,19,24H,12,14-18H2,1-2H3. The van der Waals surface area contributed by atoms with E-state index in [1.807, 2.05) is 24.4 Å². The van der Waals surface area contributed by atoms with Crippen molar-refractivity contribution in [1.82, 2.24) is 19.7 Å². The highest BCUT2D eigenvalue weighted by Crippen LogP contribution is 2.30. The molecule has 2 aromatic rings. The van der Waals surface area contributed by atoms with Crippen molar-refractivity contribution in [2.45, 2.75) is 19.4 Å². The van der Waals surface area contributed by atoms with Gasteiger partial charge in [-0.25, -0.2) is 0 Å². The zero-order chi connectivity index (χ0) is 18.6. The number of H-pyrrole nitrogens is 1. The van der Waals surface area contributed by atoms with Crippen molar-refractivity contribution >= 4 is 0 Å². The molecule has 27 heavy (non-hydrogen) atoms. The van der Waals surface area contributed by atoms with E-state index >= 15 is 0 Å². The first-order valence-electron chi connectivity index (χ1n) is 9.76. The summed E-state index contributed by atoms with van der Waals surface area (Å²) in [6, 6.07) is 14.9. The molecule has 4 nitrogen and oxygen atoms in total. The second kappa shape index (κ2) is 8.04. The molecule has 1 atom stereocenters. The van der Waals surface area contributed by atoms with Crippen LogP contribution in [0, 0.1) is 11.8 Å². The molecule has 140 valence electrons. The van der Waals surface area contributed by atoms with Crippen molar-refractivity contribution in [3.8, 4) is 11.8 Å². The van der Waals surface area contributed by atoms with E-state index in [1.165, 1.54) is 11.4 Å². The smallest absolute Gasteiger partial charge is 0.0709 e. The van der Waals surface area contributed by atoms with E-state index in [2.05, 4.69) is 69.8 Å². The van der Waals surface area contributed by atoms with Gasteiger partial charge in [-0.05, 0) is 36.8 Å². The summed E-state index contributed by atoms with van der Waals surface area (Å²) in [5.74, 6) is 6.64. The Kier molecular flexibility index (Phi) is 5.33. The molecular weight excluding hydrogens is 332 g/mol. The van der Waals surface area contributed by atoms with Gasteiger partial charge in [-0.15, -0.1) is 0 Å². The summed E-state index contributed by atoms with van der Waals surface area (Å²) in [5.41, 5.74) is 5.47. The first kappa shape index (κ1) is 17.9. The van der Waals surface area contributed by atoms with Crippen molar-refractivity contribution in [1.29, 1.82) is 0 Å². The highest BCUT2D eigenvalue weighted by molar-refractivity contribution is 5.34. The average Bonchev–Trinajstić information content (AvgIpc) is 3.23. The quantitative estimate of drug-likeness (QED) is 0.851. The predicted octanol–water partition coefficient (Wildman–Crippen LogP) is 3.29. The minimum absolute atomic E-state index is 0.393. The summed E-state index contributed by atoms with van der Waals surface area (Å²) in [7, 11) is 2.23. The fourth-order valence-electron chi connectivity index (χ4n) is 4.11. The first-order valence-corrected chi connectivity index (χ1v) is 9.76. The van der Waals surface area contributed by atoms with Gasteiger partial charge in [0.25, 0.3) is 0 Å². The van der Waals surface area contributed by atoms with Crippen LogP contribution in [0.15, 0.2) is 59.9 Å². The first-order chi connectivity index (χ1) is 13.2.